The molecule has 0 aliphatic heterocycles. The second-order valence-corrected chi connectivity index (χ2v) is 11.4. The lowest BCUT2D eigenvalue weighted by Crippen LogP contribution is -2.35. The predicted molar refractivity (Wildman–Crippen MR) is 145 cm³/mol. The third-order valence-corrected chi connectivity index (χ3v) is 8.14. The molecule has 1 aliphatic rings. The molecule has 3 nitrogen and oxygen atoms in total. The maximum atomic E-state index is 6.55. The number of benzene rings is 4. The van der Waals surface area contributed by atoms with Crippen LogP contribution in [0.3, 0.4) is 0 Å². The number of para-hydroxylation sites is 1. The Morgan fingerprint density at radius 1 is 0.714 bits per heavy atom. The molecular weight excluding hydrogens is 428 g/mol. The molecule has 2 aromatic heterocycles. The zero-order valence-electron chi connectivity index (χ0n) is 20.6. The van der Waals surface area contributed by atoms with Gasteiger partial charge in [-0.3, -0.25) is 0 Å². The van der Waals surface area contributed by atoms with E-state index in [0.717, 1.165) is 46.2 Å². The highest BCUT2D eigenvalue weighted by Crippen LogP contribution is 2.45. The molecule has 0 spiro atoms. The minimum atomic E-state index is 0.0309. The van der Waals surface area contributed by atoms with Gasteiger partial charge in [0.05, 0.1) is 11.3 Å². The van der Waals surface area contributed by atoms with Crippen LogP contribution in [0.1, 0.15) is 51.8 Å². The van der Waals surface area contributed by atoms with E-state index in [9.17, 15) is 0 Å². The van der Waals surface area contributed by atoms with E-state index >= 15 is 0 Å². The zero-order chi connectivity index (χ0) is 23.9. The first-order valence-electron chi connectivity index (χ1n) is 12.5. The first-order valence-corrected chi connectivity index (χ1v) is 12.5. The lowest BCUT2D eigenvalue weighted by atomic mass is 9.66. The summed E-state index contributed by atoms with van der Waals surface area (Å²) in [5.41, 5.74) is 5.28. The summed E-state index contributed by atoms with van der Waals surface area (Å²) < 4.78 is 6.55. The molecule has 0 atom stereocenters. The number of hydrogen-bond acceptors (Lipinski definition) is 3. The second-order valence-electron chi connectivity index (χ2n) is 11.4. The van der Waals surface area contributed by atoms with Crippen molar-refractivity contribution in [1.29, 1.82) is 0 Å². The molecule has 0 unspecified atom stereocenters. The van der Waals surface area contributed by atoms with Gasteiger partial charge in [-0.1, -0.05) is 76.2 Å². The van der Waals surface area contributed by atoms with Gasteiger partial charge in [-0.05, 0) is 63.6 Å². The van der Waals surface area contributed by atoms with Crippen molar-refractivity contribution >= 4 is 43.5 Å². The molecule has 1 aliphatic carbocycles. The van der Waals surface area contributed by atoms with Crippen LogP contribution in [0.4, 0.5) is 0 Å². The van der Waals surface area contributed by atoms with Crippen molar-refractivity contribution in [2.45, 2.75) is 51.4 Å². The number of nitrogens with zero attached hydrogens (tertiary/aromatic N) is 2. The molecule has 0 saturated heterocycles. The van der Waals surface area contributed by atoms with Crippen molar-refractivity contribution in [3.63, 3.8) is 0 Å². The highest BCUT2D eigenvalue weighted by atomic mass is 16.3. The summed E-state index contributed by atoms with van der Waals surface area (Å²) in [6.07, 6.45) is 4.33. The van der Waals surface area contributed by atoms with E-state index in [4.69, 9.17) is 14.4 Å². The van der Waals surface area contributed by atoms with Crippen LogP contribution in [-0.2, 0) is 10.8 Å². The van der Waals surface area contributed by atoms with Crippen molar-refractivity contribution in [3.8, 4) is 11.4 Å². The van der Waals surface area contributed by atoms with Gasteiger partial charge in [-0.25, -0.2) is 9.97 Å². The number of aromatic nitrogens is 2. The smallest absolute Gasteiger partial charge is 0.163 e. The first-order chi connectivity index (χ1) is 16.8. The van der Waals surface area contributed by atoms with E-state index in [1.54, 1.807) is 0 Å². The number of furan rings is 1. The molecule has 0 amide bonds. The number of hydrogen-bond donors (Lipinski definition) is 0. The van der Waals surface area contributed by atoms with Gasteiger partial charge >= 0.3 is 0 Å². The Hall–Kier alpha value is -3.72. The van der Waals surface area contributed by atoms with E-state index in [0.29, 0.717) is 0 Å². The zero-order valence-corrected chi connectivity index (χ0v) is 20.6. The fourth-order valence-corrected chi connectivity index (χ4v) is 5.88. The van der Waals surface area contributed by atoms with Gasteiger partial charge < -0.3 is 4.42 Å². The molecule has 0 saturated carbocycles. The summed E-state index contributed by atoms with van der Waals surface area (Å²) in [6, 6.07) is 23.7. The predicted octanol–water partition coefficient (Wildman–Crippen LogP) is 8.70. The van der Waals surface area contributed by atoms with Crippen LogP contribution >= 0.6 is 0 Å². The molecule has 2 heterocycles. The fourth-order valence-electron chi connectivity index (χ4n) is 5.88. The molecule has 6 aromatic rings. The summed E-state index contributed by atoms with van der Waals surface area (Å²) in [5, 5.41) is 7.15. The molecular formula is C32H28N2O. The van der Waals surface area contributed by atoms with Crippen LogP contribution in [0.5, 0.6) is 0 Å². The molecule has 0 bridgehead atoms. The summed E-state index contributed by atoms with van der Waals surface area (Å²) in [7, 11) is 0. The lowest BCUT2D eigenvalue weighted by Gasteiger charge is -2.40. The normalized spacial score (nSPS) is 16.8. The summed E-state index contributed by atoms with van der Waals surface area (Å²) in [4.78, 5) is 10.0. The fraction of sp³-hybridized carbons (Fsp3) is 0.250. The van der Waals surface area contributed by atoms with E-state index in [1.165, 1.54) is 32.8 Å². The van der Waals surface area contributed by atoms with Gasteiger partial charge in [0.15, 0.2) is 5.82 Å². The molecule has 0 radical (unpaired) electrons. The molecule has 7 rings (SSSR count). The Bertz CT molecular complexity index is 1810. The number of rotatable bonds is 1. The number of fused-ring (bicyclic) bond motifs is 7. The lowest BCUT2D eigenvalue weighted by molar-refractivity contribution is 0.322. The van der Waals surface area contributed by atoms with Crippen molar-refractivity contribution in [2.75, 3.05) is 0 Å². The van der Waals surface area contributed by atoms with Crippen molar-refractivity contribution in [2.24, 2.45) is 0 Å². The van der Waals surface area contributed by atoms with E-state index in [1.807, 2.05) is 0 Å². The maximum absolute atomic E-state index is 6.55. The molecule has 3 heteroatoms. The molecule has 0 fully saturated rings. The van der Waals surface area contributed by atoms with Gasteiger partial charge in [-0.2, -0.15) is 0 Å². The standard InChI is InChI=1S/C32H28N2O/c1-31(2)14-15-32(3,4)29-26(31)18-33-30(34-29)23-11-7-10-22-25-16-20-13-12-19-8-5-6-9-21(19)24(20)17-27(25)35-28(22)23/h5-13,16-18H,14-15H2,1-4H3. The third-order valence-electron chi connectivity index (χ3n) is 8.14. The third kappa shape index (κ3) is 2.97. The van der Waals surface area contributed by atoms with Gasteiger partial charge in [0.25, 0.3) is 0 Å². The Labute approximate surface area is 204 Å². The maximum Gasteiger partial charge on any atom is 0.163 e. The Balaban J connectivity index is 1.48. The first kappa shape index (κ1) is 20.6. The Morgan fingerprint density at radius 3 is 2.37 bits per heavy atom. The van der Waals surface area contributed by atoms with E-state index in [-0.39, 0.29) is 10.8 Å². The summed E-state index contributed by atoms with van der Waals surface area (Å²) in [6.45, 7) is 9.21. The van der Waals surface area contributed by atoms with E-state index in [2.05, 4.69) is 101 Å². The average Bonchev–Trinajstić information content (AvgIpc) is 3.23. The highest BCUT2D eigenvalue weighted by Gasteiger charge is 2.39. The summed E-state index contributed by atoms with van der Waals surface area (Å²) >= 11 is 0. The monoisotopic (exact) mass is 456 g/mol. The van der Waals surface area contributed by atoms with Crippen molar-refractivity contribution in [1.82, 2.24) is 9.97 Å². The largest absolute Gasteiger partial charge is 0.455 e. The van der Waals surface area contributed by atoms with Gasteiger partial charge in [0.1, 0.15) is 11.2 Å². The van der Waals surface area contributed by atoms with Crippen LogP contribution in [0.25, 0.3) is 54.9 Å². The van der Waals surface area contributed by atoms with Crippen LogP contribution in [-0.4, -0.2) is 9.97 Å². The quantitative estimate of drug-likeness (QED) is 0.232. The molecule has 35 heavy (non-hydrogen) atoms. The Kier molecular flexibility index (Phi) is 4.08. The topological polar surface area (TPSA) is 38.9 Å². The minimum absolute atomic E-state index is 0.0309. The van der Waals surface area contributed by atoms with Gasteiger partial charge in [-0.15, -0.1) is 0 Å². The highest BCUT2D eigenvalue weighted by molar-refractivity contribution is 6.17. The van der Waals surface area contributed by atoms with Gasteiger partial charge in [0.2, 0.25) is 0 Å². The Morgan fingerprint density at radius 2 is 1.49 bits per heavy atom. The SMILES string of the molecule is CC1(C)CCC(C)(C)c2nc(-c3cccc4c3oc3cc5c(ccc6ccccc65)cc34)ncc21. The van der Waals surface area contributed by atoms with Crippen LogP contribution < -0.4 is 0 Å². The van der Waals surface area contributed by atoms with Crippen molar-refractivity contribution < 1.29 is 4.42 Å². The van der Waals surface area contributed by atoms with E-state index < -0.39 is 0 Å². The van der Waals surface area contributed by atoms with Crippen LogP contribution in [0, 0.1) is 0 Å². The second kappa shape index (κ2) is 6.91. The minimum Gasteiger partial charge on any atom is -0.455 e. The molecule has 4 aromatic carbocycles. The van der Waals surface area contributed by atoms with Gasteiger partial charge in [0, 0.05) is 22.4 Å². The summed E-state index contributed by atoms with van der Waals surface area (Å²) in [5.74, 6) is 0.745. The van der Waals surface area contributed by atoms with Crippen molar-refractivity contribution in [3.05, 3.63) is 84.2 Å². The van der Waals surface area contributed by atoms with Crippen LogP contribution in [0.2, 0.25) is 0 Å². The molecule has 172 valence electrons. The average molecular weight is 457 g/mol. The van der Waals surface area contributed by atoms with Crippen LogP contribution in [0.15, 0.2) is 77.3 Å². The molecule has 0 N–H and O–H groups in total.